The van der Waals surface area contributed by atoms with Crippen LogP contribution < -0.4 is 29.6 Å². The van der Waals surface area contributed by atoms with Crippen molar-refractivity contribution >= 4 is 0 Å². The standard InChI is InChI=1S/C10H15.Na/c1-10(2,3)8-9-6-4-5-7-9;/h4-7H,8H2,1-3H3;/q-1;+1. The van der Waals surface area contributed by atoms with E-state index in [4.69, 9.17) is 0 Å². The SMILES string of the molecule is CC(C)(C)C[c-]1cccc1.[Na+]. The van der Waals surface area contributed by atoms with Gasteiger partial charge in [0.15, 0.2) is 0 Å². The quantitative estimate of drug-likeness (QED) is 0.398. The molecule has 0 nitrogen and oxygen atoms in total. The Morgan fingerprint density at radius 1 is 1.09 bits per heavy atom. The van der Waals surface area contributed by atoms with Gasteiger partial charge in [0.05, 0.1) is 0 Å². The van der Waals surface area contributed by atoms with Crippen molar-refractivity contribution < 1.29 is 29.6 Å². The van der Waals surface area contributed by atoms with Crippen LogP contribution in [0, 0.1) is 5.41 Å². The van der Waals surface area contributed by atoms with Crippen LogP contribution in [0.1, 0.15) is 26.3 Å². The minimum absolute atomic E-state index is 0. The summed E-state index contributed by atoms with van der Waals surface area (Å²) in [6.07, 6.45) is 1.18. The summed E-state index contributed by atoms with van der Waals surface area (Å²) in [4.78, 5) is 0. The average Bonchev–Trinajstić information content (AvgIpc) is 2.12. The fourth-order valence-corrected chi connectivity index (χ4v) is 1.14. The van der Waals surface area contributed by atoms with Crippen LogP contribution in [0.5, 0.6) is 0 Å². The van der Waals surface area contributed by atoms with Crippen molar-refractivity contribution in [3.05, 3.63) is 29.8 Å². The molecule has 0 saturated carbocycles. The third-order valence-corrected chi connectivity index (χ3v) is 1.47. The Balaban J connectivity index is 0.000001000. The van der Waals surface area contributed by atoms with Gasteiger partial charge in [-0.15, -0.1) is 0 Å². The minimum atomic E-state index is 0. The molecule has 0 radical (unpaired) electrons. The molecule has 0 aromatic heterocycles. The van der Waals surface area contributed by atoms with Crippen LogP contribution >= 0.6 is 0 Å². The fraction of sp³-hybridized carbons (Fsp3) is 0.500. The van der Waals surface area contributed by atoms with E-state index >= 15 is 0 Å². The molecular formula is C10H15Na. The molecule has 0 atom stereocenters. The second-order valence-corrected chi connectivity index (χ2v) is 4.03. The van der Waals surface area contributed by atoms with Gasteiger partial charge in [-0.25, -0.2) is 12.1 Å². The van der Waals surface area contributed by atoms with Gasteiger partial charge in [0, 0.05) is 0 Å². The molecule has 0 unspecified atom stereocenters. The van der Waals surface area contributed by atoms with E-state index in [0.717, 1.165) is 0 Å². The van der Waals surface area contributed by atoms with Gasteiger partial charge in [0.2, 0.25) is 0 Å². The van der Waals surface area contributed by atoms with E-state index in [9.17, 15) is 0 Å². The first-order valence-electron chi connectivity index (χ1n) is 3.78. The molecule has 1 rings (SSSR count). The molecule has 56 valence electrons. The van der Waals surface area contributed by atoms with Gasteiger partial charge >= 0.3 is 29.6 Å². The molecule has 0 saturated heterocycles. The van der Waals surface area contributed by atoms with Crippen molar-refractivity contribution in [1.29, 1.82) is 0 Å². The maximum absolute atomic E-state index is 2.26. The van der Waals surface area contributed by atoms with Gasteiger partial charge in [-0.05, 0) is 5.41 Å². The third kappa shape index (κ3) is 4.73. The van der Waals surface area contributed by atoms with Gasteiger partial charge in [0.25, 0.3) is 0 Å². The number of rotatable bonds is 1. The van der Waals surface area contributed by atoms with Crippen LogP contribution in [0.4, 0.5) is 0 Å². The molecule has 0 aliphatic rings. The second-order valence-electron chi connectivity index (χ2n) is 4.03. The van der Waals surface area contributed by atoms with Crippen LogP contribution in [0.3, 0.4) is 0 Å². The molecular weight excluding hydrogens is 143 g/mol. The van der Waals surface area contributed by atoms with E-state index in [1.807, 2.05) is 0 Å². The van der Waals surface area contributed by atoms with E-state index in [1.165, 1.54) is 12.0 Å². The van der Waals surface area contributed by atoms with Crippen LogP contribution in [-0.2, 0) is 6.42 Å². The summed E-state index contributed by atoms with van der Waals surface area (Å²) in [6.45, 7) is 6.79. The van der Waals surface area contributed by atoms with E-state index in [-0.39, 0.29) is 29.6 Å². The maximum Gasteiger partial charge on any atom is 1.00 e. The second kappa shape index (κ2) is 4.39. The van der Waals surface area contributed by atoms with Crippen molar-refractivity contribution in [3.8, 4) is 0 Å². The van der Waals surface area contributed by atoms with E-state index in [2.05, 4.69) is 45.0 Å². The van der Waals surface area contributed by atoms with Crippen molar-refractivity contribution in [1.82, 2.24) is 0 Å². The zero-order valence-corrected chi connectivity index (χ0v) is 10.0. The van der Waals surface area contributed by atoms with Gasteiger partial charge in [0.1, 0.15) is 0 Å². The molecule has 0 spiro atoms. The number of hydrogen-bond acceptors (Lipinski definition) is 0. The molecule has 0 amide bonds. The normalized spacial score (nSPS) is 10.8. The molecule has 0 aliphatic carbocycles. The molecule has 1 aromatic rings. The fourth-order valence-electron chi connectivity index (χ4n) is 1.14. The Morgan fingerprint density at radius 2 is 1.55 bits per heavy atom. The molecule has 0 N–H and O–H groups in total. The summed E-state index contributed by atoms with van der Waals surface area (Å²) in [7, 11) is 0. The summed E-state index contributed by atoms with van der Waals surface area (Å²) in [5.74, 6) is 0. The zero-order valence-electron chi connectivity index (χ0n) is 8.02. The van der Waals surface area contributed by atoms with Crippen molar-refractivity contribution in [2.75, 3.05) is 0 Å². The zero-order chi connectivity index (χ0) is 7.61. The van der Waals surface area contributed by atoms with Crippen molar-refractivity contribution in [2.45, 2.75) is 27.2 Å². The first-order valence-corrected chi connectivity index (χ1v) is 3.78. The monoisotopic (exact) mass is 158 g/mol. The van der Waals surface area contributed by atoms with Crippen LogP contribution in [0.25, 0.3) is 0 Å². The Labute approximate surface area is 91.7 Å². The van der Waals surface area contributed by atoms with Crippen molar-refractivity contribution in [3.63, 3.8) is 0 Å². The summed E-state index contributed by atoms with van der Waals surface area (Å²) in [5.41, 5.74) is 1.88. The van der Waals surface area contributed by atoms with Crippen LogP contribution in [-0.4, -0.2) is 0 Å². The summed E-state index contributed by atoms with van der Waals surface area (Å²) in [6, 6.07) is 8.57. The molecule has 1 aromatic carbocycles. The predicted molar refractivity (Wildman–Crippen MR) is 45.2 cm³/mol. The van der Waals surface area contributed by atoms with Gasteiger partial charge in [-0.3, -0.25) is 0 Å². The Kier molecular flexibility index (Phi) is 4.53. The molecule has 1 heteroatoms. The summed E-state index contributed by atoms with van der Waals surface area (Å²) < 4.78 is 0. The predicted octanol–water partition coefficient (Wildman–Crippen LogP) is -0.00190. The Morgan fingerprint density at radius 3 is 1.91 bits per heavy atom. The first kappa shape index (κ1) is 11.4. The van der Waals surface area contributed by atoms with Crippen molar-refractivity contribution in [2.24, 2.45) is 5.41 Å². The third-order valence-electron chi connectivity index (χ3n) is 1.47. The largest absolute Gasteiger partial charge is 1.00 e. The van der Waals surface area contributed by atoms with Gasteiger partial charge < -0.3 is 0 Å². The van der Waals surface area contributed by atoms with Gasteiger partial charge in [-0.2, -0.15) is 17.7 Å². The first-order chi connectivity index (χ1) is 4.58. The van der Waals surface area contributed by atoms with Crippen LogP contribution in [0.2, 0.25) is 0 Å². The van der Waals surface area contributed by atoms with E-state index in [1.54, 1.807) is 0 Å². The molecule has 0 fully saturated rings. The Bertz CT molecular complexity index is 179. The van der Waals surface area contributed by atoms with Crippen LogP contribution in [0.15, 0.2) is 24.3 Å². The molecule has 0 bridgehead atoms. The smallest absolute Gasteiger partial charge is 0.213 e. The summed E-state index contributed by atoms with van der Waals surface area (Å²) in [5, 5.41) is 0. The number of hydrogen-bond donors (Lipinski definition) is 0. The maximum atomic E-state index is 2.26. The minimum Gasteiger partial charge on any atom is -0.213 e. The Hall–Kier alpha value is 0.350. The topological polar surface area (TPSA) is 0 Å². The van der Waals surface area contributed by atoms with E-state index < -0.39 is 0 Å². The van der Waals surface area contributed by atoms with Gasteiger partial charge in [-0.1, -0.05) is 27.2 Å². The molecule has 0 aliphatic heterocycles. The molecule has 0 heterocycles. The average molecular weight is 158 g/mol. The molecule has 11 heavy (non-hydrogen) atoms. The van der Waals surface area contributed by atoms with E-state index in [0.29, 0.717) is 5.41 Å². The summed E-state index contributed by atoms with van der Waals surface area (Å²) >= 11 is 0.